The molecular formula is C19H17N3O3. The zero-order valence-corrected chi connectivity index (χ0v) is 13.7. The van der Waals surface area contributed by atoms with Crippen LogP contribution in [-0.4, -0.2) is 33.7 Å². The van der Waals surface area contributed by atoms with Crippen LogP contribution in [0.1, 0.15) is 12.0 Å². The molecule has 2 N–H and O–H groups in total. The van der Waals surface area contributed by atoms with Crippen molar-refractivity contribution < 1.29 is 14.7 Å². The Morgan fingerprint density at radius 2 is 2.00 bits per heavy atom. The van der Waals surface area contributed by atoms with Crippen molar-refractivity contribution in [2.45, 2.75) is 13.3 Å². The monoisotopic (exact) mass is 335 g/mol. The Balaban J connectivity index is 1.67. The van der Waals surface area contributed by atoms with Gasteiger partial charge in [-0.25, -0.2) is 0 Å². The number of benzene rings is 2. The number of aryl methyl sites for hydroxylation is 1. The number of aliphatic carboxylic acids is 1. The molecule has 1 unspecified atom stereocenters. The van der Waals surface area contributed by atoms with Crippen molar-refractivity contribution in [2.24, 2.45) is 5.92 Å². The van der Waals surface area contributed by atoms with E-state index in [1.165, 1.54) is 0 Å². The van der Waals surface area contributed by atoms with Crippen LogP contribution < -0.4 is 4.90 Å². The molecule has 0 saturated carbocycles. The fourth-order valence-electron chi connectivity index (χ4n) is 3.37. The number of anilines is 1. The van der Waals surface area contributed by atoms with Crippen molar-refractivity contribution in [2.75, 3.05) is 11.4 Å². The number of aromatic nitrogens is 2. The normalized spacial score (nSPS) is 17.4. The first-order chi connectivity index (χ1) is 12.0. The third kappa shape index (κ3) is 2.65. The molecule has 1 aliphatic rings. The van der Waals surface area contributed by atoms with Crippen LogP contribution in [-0.2, 0) is 9.59 Å². The van der Waals surface area contributed by atoms with Gasteiger partial charge in [-0.2, -0.15) is 5.10 Å². The van der Waals surface area contributed by atoms with Crippen molar-refractivity contribution in [1.82, 2.24) is 10.2 Å². The first kappa shape index (κ1) is 15.4. The highest BCUT2D eigenvalue weighted by Gasteiger charge is 2.35. The maximum Gasteiger partial charge on any atom is 0.308 e. The minimum atomic E-state index is -0.918. The van der Waals surface area contributed by atoms with Gasteiger partial charge in [-0.05, 0) is 47.9 Å². The van der Waals surface area contributed by atoms with Crippen LogP contribution in [0.4, 0.5) is 5.69 Å². The van der Waals surface area contributed by atoms with Gasteiger partial charge in [-0.15, -0.1) is 0 Å². The number of hydrogen-bond donors (Lipinski definition) is 2. The number of nitrogens with one attached hydrogen (secondary N) is 1. The molecule has 0 bridgehead atoms. The van der Waals surface area contributed by atoms with Crippen molar-refractivity contribution in [1.29, 1.82) is 0 Å². The molecule has 3 aromatic rings. The summed E-state index contributed by atoms with van der Waals surface area (Å²) in [5, 5.41) is 17.1. The van der Waals surface area contributed by atoms with E-state index in [4.69, 9.17) is 5.11 Å². The number of carboxylic acids is 1. The minimum absolute atomic E-state index is 0.0632. The summed E-state index contributed by atoms with van der Waals surface area (Å²) >= 11 is 0. The fourth-order valence-corrected chi connectivity index (χ4v) is 3.37. The molecule has 126 valence electrons. The first-order valence-corrected chi connectivity index (χ1v) is 8.10. The number of hydrogen-bond acceptors (Lipinski definition) is 3. The molecule has 6 heteroatoms. The molecule has 0 spiro atoms. The SMILES string of the molecule is Cc1cc(-c2ccc3[nH]ncc3c2)ccc1N1CC(C(=O)O)CC1=O. The summed E-state index contributed by atoms with van der Waals surface area (Å²) in [5.74, 6) is -1.68. The van der Waals surface area contributed by atoms with Crippen molar-refractivity contribution >= 4 is 28.5 Å². The second-order valence-corrected chi connectivity index (χ2v) is 6.42. The van der Waals surface area contributed by atoms with Crippen molar-refractivity contribution in [3.05, 3.63) is 48.2 Å². The lowest BCUT2D eigenvalue weighted by atomic mass is 10.0. The van der Waals surface area contributed by atoms with Gasteiger partial charge in [0.2, 0.25) is 5.91 Å². The predicted molar refractivity (Wildman–Crippen MR) is 94.4 cm³/mol. The Hall–Kier alpha value is -3.15. The predicted octanol–water partition coefficient (Wildman–Crippen LogP) is 2.98. The number of amides is 1. The summed E-state index contributed by atoms with van der Waals surface area (Å²) in [5.41, 5.74) is 4.83. The van der Waals surface area contributed by atoms with E-state index in [2.05, 4.69) is 16.3 Å². The van der Waals surface area contributed by atoms with E-state index in [1.807, 2.05) is 37.3 Å². The van der Waals surface area contributed by atoms with Crippen LogP contribution in [0.25, 0.3) is 22.0 Å². The lowest BCUT2D eigenvalue weighted by Gasteiger charge is -2.19. The quantitative estimate of drug-likeness (QED) is 0.770. The van der Waals surface area contributed by atoms with E-state index < -0.39 is 11.9 Å². The van der Waals surface area contributed by atoms with Gasteiger partial charge in [0, 0.05) is 24.0 Å². The van der Waals surface area contributed by atoms with Crippen LogP contribution in [0.3, 0.4) is 0 Å². The third-order valence-electron chi connectivity index (χ3n) is 4.74. The van der Waals surface area contributed by atoms with Crippen molar-refractivity contribution in [3.8, 4) is 11.1 Å². The highest BCUT2D eigenvalue weighted by atomic mass is 16.4. The Morgan fingerprint density at radius 1 is 1.24 bits per heavy atom. The number of nitrogens with zero attached hydrogens (tertiary/aromatic N) is 2. The molecule has 0 radical (unpaired) electrons. The van der Waals surface area contributed by atoms with Crippen LogP contribution in [0.2, 0.25) is 0 Å². The van der Waals surface area contributed by atoms with Gasteiger partial charge < -0.3 is 10.0 Å². The highest BCUT2D eigenvalue weighted by molar-refractivity contribution is 6.00. The summed E-state index contributed by atoms with van der Waals surface area (Å²) in [6, 6.07) is 12.0. The smallest absolute Gasteiger partial charge is 0.308 e. The average molecular weight is 335 g/mol. The Bertz CT molecular complexity index is 992. The molecule has 1 aliphatic heterocycles. The van der Waals surface area contributed by atoms with Crippen LogP contribution >= 0.6 is 0 Å². The van der Waals surface area contributed by atoms with E-state index in [-0.39, 0.29) is 18.9 Å². The van der Waals surface area contributed by atoms with E-state index in [1.54, 1.807) is 11.1 Å². The minimum Gasteiger partial charge on any atom is -0.481 e. The molecule has 0 aliphatic carbocycles. The van der Waals surface area contributed by atoms with Crippen LogP contribution in [0.15, 0.2) is 42.6 Å². The first-order valence-electron chi connectivity index (χ1n) is 8.10. The molecule has 1 fully saturated rings. The van der Waals surface area contributed by atoms with Crippen LogP contribution in [0, 0.1) is 12.8 Å². The van der Waals surface area contributed by atoms with Gasteiger partial charge in [0.25, 0.3) is 0 Å². The standard InChI is InChI=1S/C19H17N3O3/c1-11-6-12(13-2-4-16-14(7-13)9-20-21-16)3-5-17(11)22-10-15(19(24)25)8-18(22)23/h2-7,9,15H,8,10H2,1H3,(H,20,21)(H,24,25). The van der Waals surface area contributed by atoms with Gasteiger partial charge in [0.15, 0.2) is 0 Å². The maximum absolute atomic E-state index is 12.2. The summed E-state index contributed by atoms with van der Waals surface area (Å²) < 4.78 is 0. The van der Waals surface area contributed by atoms with Gasteiger partial charge in [0.1, 0.15) is 0 Å². The van der Waals surface area contributed by atoms with E-state index >= 15 is 0 Å². The molecular weight excluding hydrogens is 318 g/mol. The maximum atomic E-state index is 12.2. The Kier molecular flexibility index (Phi) is 3.53. The molecule has 6 nitrogen and oxygen atoms in total. The number of H-pyrrole nitrogens is 1. The zero-order valence-electron chi connectivity index (χ0n) is 13.7. The molecule has 25 heavy (non-hydrogen) atoms. The molecule has 1 amide bonds. The molecule has 2 heterocycles. The fraction of sp³-hybridized carbons (Fsp3) is 0.211. The summed E-state index contributed by atoms with van der Waals surface area (Å²) in [7, 11) is 0. The summed E-state index contributed by atoms with van der Waals surface area (Å²) in [6.45, 7) is 2.17. The average Bonchev–Trinajstić information content (AvgIpc) is 3.20. The van der Waals surface area contributed by atoms with E-state index in [9.17, 15) is 9.59 Å². The lowest BCUT2D eigenvalue weighted by Crippen LogP contribution is -2.26. The number of carbonyl (C=O) groups is 2. The number of aromatic amines is 1. The summed E-state index contributed by atoms with van der Waals surface area (Å²) in [6.07, 6.45) is 1.85. The molecule has 2 aromatic carbocycles. The van der Waals surface area contributed by atoms with Gasteiger partial charge >= 0.3 is 5.97 Å². The second-order valence-electron chi connectivity index (χ2n) is 6.42. The number of carboxylic acid groups (broad SMARTS) is 1. The van der Waals surface area contributed by atoms with Gasteiger partial charge in [-0.1, -0.05) is 12.1 Å². The number of carbonyl (C=O) groups excluding carboxylic acids is 1. The lowest BCUT2D eigenvalue weighted by molar-refractivity contribution is -0.141. The molecule has 1 atom stereocenters. The molecule has 1 aromatic heterocycles. The van der Waals surface area contributed by atoms with E-state index in [0.29, 0.717) is 0 Å². The van der Waals surface area contributed by atoms with Crippen molar-refractivity contribution in [3.63, 3.8) is 0 Å². The zero-order chi connectivity index (χ0) is 17.6. The van der Waals surface area contributed by atoms with E-state index in [0.717, 1.165) is 33.3 Å². The largest absolute Gasteiger partial charge is 0.481 e. The number of rotatable bonds is 3. The van der Waals surface area contributed by atoms with Crippen LogP contribution in [0.5, 0.6) is 0 Å². The van der Waals surface area contributed by atoms with Gasteiger partial charge in [-0.3, -0.25) is 14.7 Å². The second kappa shape index (κ2) is 5.73. The summed E-state index contributed by atoms with van der Waals surface area (Å²) in [4.78, 5) is 24.9. The topological polar surface area (TPSA) is 86.3 Å². The number of fused-ring (bicyclic) bond motifs is 1. The molecule has 1 saturated heterocycles. The molecule has 4 rings (SSSR count). The third-order valence-corrected chi connectivity index (χ3v) is 4.74. The van der Waals surface area contributed by atoms with Gasteiger partial charge in [0.05, 0.1) is 17.6 Å². The Morgan fingerprint density at radius 3 is 2.72 bits per heavy atom. The highest BCUT2D eigenvalue weighted by Crippen LogP contribution is 2.32. The Labute approximate surface area is 144 Å².